The number of benzene rings is 1. The molecule has 1 rings (SSSR count). The number of nitro groups is 1. The van der Waals surface area contributed by atoms with Gasteiger partial charge in [-0.2, -0.15) is 0 Å². The second kappa shape index (κ2) is 5.09. The molecule has 0 saturated heterocycles. The van der Waals surface area contributed by atoms with Crippen LogP contribution in [0, 0.1) is 10.1 Å². The molecule has 0 aromatic heterocycles. The van der Waals surface area contributed by atoms with Crippen LogP contribution in [0.5, 0.6) is 0 Å². The van der Waals surface area contributed by atoms with Crippen molar-refractivity contribution in [2.75, 3.05) is 0 Å². The van der Waals surface area contributed by atoms with Gasteiger partial charge in [0.15, 0.2) is 0 Å². The van der Waals surface area contributed by atoms with E-state index in [0.29, 0.717) is 12.0 Å². The van der Waals surface area contributed by atoms with E-state index in [1.165, 1.54) is 12.5 Å². The van der Waals surface area contributed by atoms with Crippen LogP contribution < -0.4 is 0 Å². The number of hydrogen-bond acceptors (Lipinski definition) is 4. The Morgan fingerprint density at radius 1 is 1.53 bits per heavy atom. The minimum Gasteiger partial charge on any atom is -0.449 e. The van der Waals surface area contributed by atoms with E-state index in [4.69, 9.17) is 0 Å². The van der Waals surface area contributed by atoms with E-state index in [2.05, 4.69) is 4.74 Å². The van der Waals surface area contributed by atoms with E-state index in [9.17, 15) is 14.9 Å². The summed E-state index contributed by atoms with van der Waals surface area (Å²) in [5, 5.41) is 10.7. The smallest absolute Gasteiger partial charge is 0.418 e. The fourth-order valence-electron chi connectivity index (χ4n) is 1.35. The van der Waals surface area contributed by atoms with E-state index in [-0.39, 0.29) is 5.69 Å². The van der Waals surface area contributed by atoms with Crippen LogP contribution in [-0.4, -0.2) is 11.4 Å². The highest BCUT2D eigenvalue weighted by atomic mass is 16.6. The Morgan fingerprint density at radius 3 is 2.73 bits per heavy atom. The van der Waals surface area contributed by atoms with Crippen LogP contribution >= 0.6 is 0 Å². The SMILES string of the molecule is CCC(O[C]=O)c1ccccc1[N+](=O)[O-]. The molecule has 15 heavy (non-hydrogen) atoms. The maximum absolute atomic E-state index is 10.7. The Hall–Kier alpha value is -1.91. The fraction of sp³-hybridized carbons (Fsp3) is 0.300. The van der Waals surface area contributed by atoms with Crippen molar-refractivity contribution >= 4 is 12.2 Å². The first-order valence-corrected chi connectivity index (χ1v) is 4.46. The number of rotatable bonds is 5. The molecule has 0 heterocycles. The van der Waals surface area contributed by atoms with E-state index < -0.39 is 11.0 Å². The molecule has 0 fully saturated rings. The number of para-hydroxylation sites is 1. The van der Waals surface area contributed by atoms with Crippen LogP contribution in [0.1, 0.15) is 25.0 Å². The molecule has 1 aromatic carbocycles. The lowest BCUT2D eigenvalue weighted by atomic mass is 10.1. The van der Waals surface area contributed by atoms with Crippen LogP contribution in [-0.2, 0) is 9.53 Å². The summed E-state index contributed by atoms with van der Waals surface area (Å²) in [5.41, 5.74) is 0.355. The van der Waals surface area contributed by atoms with Crippen molar-refractivity contribution in [1.82, 2.24) is 0 Å². The van der Waals surface area contributed by atoms with Gasteiger partial charge in [-0.15, -0.1) is 0 Å². The van der Waals surface area contributed by atoms with Gasteiger partial charge in [0.25, 0.3) is 5.69 Å². The maximum atomic E-state index is 10.7. The highest BCUT2D eigenvalue weighted by molar-refractivity contribution is 5.45. The molecule has 5 heteroatoms. The van der Waals surface area contributed by atoms with Gasteiger partial charge in [-0.3, -0.25) is 10.1 Å². The first kappa shape index (κ1) is 11.2. The van der Waals surface area contributed by atoms with Crippen LogP contribution in [0.15, 0.2) is 24.3 Å². The maximum Gasteiger partial charge on any atom is 0.418 e. The van der Waals surface area contributed by atoms with Gasteiger partial charge in [-0.05, 0) is 12.5 Å². The molecule has 1 aromatic rings. The summed E-state index contributed by atoms with van der Waals surface area (Å²) in [6, 6.07) is 6.19. The lowest BCUT2D eigenvalue weighted by Gasteiger charge is -2.12. The third-order valence-corrected chi connectivity index (χ3v) is 2.04. The number of ether oxygens (including phenoxy) is 1. The van der Waals surface area contributed by atoms with E-state index in [1.54, 1.807) is 25.1 Å². The third-order valence-electron chi connectivity index (χ3n) is 2.04. The van der Waals surface area contributed by atoms with Crippen molar-refractivity contribution in [3.8, 4) is 0 Å². The van der Waals surface area contributed by atoms with Gasteiger partial charge in [-0.1, -0.05) is 19.1 Å². The molecule has 0 amide bonds. The average Bonchev–Trinajstić information content (AvgIpc) is 2.26. The summed E-state index contributed by atoms with van der Waals surface area (Å²) in [6.07, 6.45) is -0.135. The van der Waals surface area contributed by atoms with E-state index in [0.717, 1.165) is 0 Å². The Labute approximate surface area is 86.8 Å². The normalized spacial score (nSPS) is 11.8. The Bertz CT molecular complexity index is 364. The van der Waals surface area contributed by atoms with Crippen LogP contribution in [0.4, 0.5) is 5.69 Å². The summed E-state index contributed by atoms with van der Waals surface area (Å²) in [5.74, 6) is 0. The molecule has 1 radical (unpaired) electrons. The molecule has 0 N–H and O–H groups in total. The first-order chi connectivity index (χ1) is 7.20. The lowest BCUT2D eigenvalue weighted by Crippen LogP contribution is -2.05. The number of nitrogens with zero attached hydrogens (tertiary/aromatic N) is 1. The van der Waals surface area contributed by atoms with Crippen molar-refractivity contribution in [3.63, 3.8) is 0 Å². The molecule has 0 saturated carbocycles. The Morgan fingerprint density at radius 2 is 2.20 bits per heavy atom. The van der Waals surface area contributed by atoms with Gasteiger partial charge in [-0.25, -0.2) is 4.79 Å². The summed E-state index contributed by atoms with van der Waals surface area (Å²) in [7, 11) is 0. The van der Waals surface area contributed by atoms with Crippen molar-refractivity contribution in [2.24, 2.45) is 0 Å². The molecule has 0 bridgehead atoms. The van der Waals surface area contributed by atoms with E-state index in [1.807, 2.05) is 0 Å². The monoisotopic (exact) mass is 208 g/mol. The second-order valence-corrected chi connectivity index (χ2v) is 2.91. The largest absolute Gasteiger partial charge is 0.449 e. The van der Waals surface area contributed by atoms with Gasteiger partial charge in [0.1, 0.15) is 6.10 Å². The molecule has 1 unspecified atom stereocenters. The number of carbonyl (C=O) groups excluding carboxylic acids is 1. The average molecular weight is 208 g/mol. The van der Waals surface area contributed by atoms with Crippen molar-refractivity contribution in [3.05, 3.63) is 39.9 Å². The van der Waals surface area contributed by atoms with Crippen molar-refractivity contribution in [1.29, 1.82) is 0 Å². The van der Waals surface area contributed by atoms with Crippen LogP contribution in [0.3, 0.4) is 0 Å². The molecule has 0 aliphatic carbocycles. The zero-order chi connectivity index (χ0) is 11.3. The standard InChI is InChI=1S/C10H10NO4/c1-2-10(15-7-12)8-5-3-4-6-9(8)11(13)14/h3-6,10H,2H2,1H3. The number of hydrogen-bond donors (Lipinski definition) is 0. The van der Waals surface area contributed by atoms with Gasteiger partial charge >= 0.3 is 6.47 Å². The van der Waals surface area contributed by atoms with Crippen LogP contribution in [0.25, 0.3) is 0 Å². The lowest BCUT2D eigenvalue weighted by molar-refractivity contribution is -0.386. The highest BCUT2D eigenvalue weighted by Crippen LogP contribution is 2.28. The quantitative estimate of drug-likeness (QED) is 0.549. The topological polar surface area (TPSA) is 69.4 Å². The summed E-state index contributed by atoms with van der Waals surface area (Å²) in [6.45, 7) is 3.09. The van der Waals surface area contributed by atoms with Gasteiger partial charge < -0.3 is 4.74 Å². The zero-order valence-corrected chi connectivity index (χ0v) is 8.17. The Balaban J connectivity index is 3.09. The number of nitro benzene ring substituents is 1. The second-order valence-electron chi connectivity index (χ2n) is 2.91. The predicted octanol–water partition coefficient (Wildman–Crippen LogP) is 2.13. The predicted molar refractivity (Wildman–Crippen MR) is 52.9 cm³/mol. The molecule has 0 spiro atoms. The van der Waals surface area contributed by atoms with Crippen molar-refractivity contribution < 1.29 is 14.5 Å². The molecular formula is C10H10NO4. The molecule has 79 valence electrons. The molecule has 0 aliphatic heterocycles. The highest BCUT2D eigenvalue weighted by Gasteiger charge is 2.21. The molecule has 5 nitrogen and oxygen atoms in total. The van der Waals surface area contributed by atoms with Gasteiger partial charge in [0, 0.05) is 6.07 Å². The fourth-order valence-corrected chi connectivity index (χ4v) is 1.35. The molecule has 1 atom stereocenters. The summed E-state index contributed by atoms with van der Waals surface area (Å²) >= 11 is 0. The van der Waals surface area contributed by atoms with Crippen LogP contribution in [0.2, 0.25) is 0 Å². The molecular weight excluding hydrogens is 198 g/mol. The third kappa shape index (κ3) is 2.52. The summed E-state index contributed by atoms with van der Waals surface area (Å²) < 4.78 is 4.66. The molecule has 0 aliphatic rings. The minimum atomic E-state index is -0.607. The summed E-state index contributed by atoms with van der Waals surface area (Å²) in [4.78, 5) is 20.3. The first-order valence-electron chi connectivity index (χ1n) is 4.46. The minimum absolute atomic E-state index is 0.0420. The Kier molecular flexibility index (Phi) is 3.79. The van der Waals surface area contributed by atoms with E-state index >= 15 is 0 Å². The van der Waals surface area contributed by atoms with Crippen molar-refractivity contribution in [2.45, 2.75) is 19.4 Å². The zero-order valence-electron chi connectivity index (χ0n) is 8.17. The van der Waals surface area contributed by atoms with Gasteiger partial charge in [0.05, 0.1) is 10.5 Å². The van der Waals surface area contributed by atoms with Gasteiger partial charge in [0.2, 0.25) is 0 Å².